The molecule has 5 nitrogen and oxygen atoms in total. The van der Waals surface area contributed by atoms with Crippen molar-refractivity contribution in [2.24, 2.45) is 0 Å². The predicted octanol–water partition coefficient (Wildman–Crippen LogP) is 4.21. The maximum Gasteiger partial charge on any atom is 0.271 e. The zero-order chi connectivity index (χ0) is 20.1. The van der Waals surface area contributed by atoms with Crippen LogP contribution in [-0.2, 0) is 11.5 Å². The molecule has 0 aliphatic rings. The van der Waals surface area contributed by atoms with E-state index in [2.05, 4.69) is 19.9 Å². The molecule has 3 aromatic rings. The zero-order valence-corrected chi connectivity index (χ0v) is 16.7. The molecule has 0 unspecified atom stereocenters. The van der Waals surface area contributed by atoms with Crippen molar-refractivity contribution in [3.05, 3.63) is 69.3 Å². The van der Waals surface area contributed by atoms with Gasteiger partial charge in [-0.1, -0.05) is 44.2 Å². The third kappa shape index (κ3) is 4.07. The molecule has 0 atom stereocenters. The fourth-order valence-corrected chi connectivity index (χ4v) is 3.76. The van der Waals surface area contributed by atoms with Crippen LogP contribution in [-0.4, -0.2) is 22.9 Å². The quantitative estimate of drug-likeness (QED) is 0.609. The molecule has 144 valence electrons. The van der Waals surface area contributed by atoms with Crippen molar-refractivity contribution in [1.29, 1.82) is 5.26 Å². The Morgan fingerprint density at radius 2 is 2.00 bits per heavy atom. The van der Waals surface area contributed by atoms with Crippen molar-refractivity contribution >= 4 is 11.3 Å². The molecule has 0 spiro atoms. The van der Waals surface area contributed by atoms with Crippen LogP contribution in [0.1, 0.15) is 30.9 Å². The van der Waals surface area contributed by atoms with Crippen LogP contribution in [0.5, 0.6) is 0 Å². The Morgan fingerprint density at radius 3 is 2.57 bits per heavy atom. The lowest BCUT2D eigenvalue weighted by atomic mass is 9.96. The van der Waals surface area contributed by atoms with Gasteiger partial charge in [0.05, 0.1) is 23.8 Å². The number of aromatic nitrogens is 1. The van der Waals surface area contributed by atoms with Gasteiger partial charge in [-0.3, -0.25) is 9.36 Å². The summed E-state index contributed by atoms with van der Waals surface area (Å²) in [5, 5.41) is 20.6. The molecule has 6 heteroatoms. The van der Waals surface area contributed by atoms with E-state index in [1.165, 1.54) is 21.5 Å². The van der Waals surface area contributed by atoms with E-state index in [9.17, 15) is 10.1 Å². The Labute approximate surface area is 168 Å². The van der Waals surface area contributed by atoms with Crippen LogP contribution in [0, 0.1) is 11.3 Å². The predicted molar refractivity (Wildman–Crippen MR) is 111 cm³/mol. The van der Waals surface area contributed by atoms with Crippen LogP contribution in [0.15, 0.2) is 52.6 Å². The Bertz CT molecular complexity index is 1030. The maximum absolute atomic E-state index is 13.1. The number of rotatable bonds is 7. The average molecular weight is 394 g/mol. The van der Waals surface area contributed by atoms with Gasteiger partial charge in [0.25, 0.3) is 5.56 Å². The largest absolute Gasteiger partial charge is 0.394 e. The van der Waals surface area contributed by atoms with Crippen molar-refractivity contribution in [2.45, 2.75) is 26.5 Å². The number of benzene rings is 1. The number of thiophene rings is 1. The first kappa shape index (κ1) is 20.0. The van der Waals surface area contributed by atoms with Gasteiger partial charge in [-0.15, -0.1) is 11.3 Å². The summed E-state index contributed by atoms with van der Waals surface area (Å²) in [5.74, 6) is 0.405. The van der Waals surface area contributed by atoms with Gasteiger partial charge < -0.3 is 9.84 Å². The first-order chi connectivity index (χ1) is 13.6. The Morgan fingerprint density at radius 1 is 1.25 bits per heavy atom. The van der Waals surface area contributed by atoms with Crippen molar-refractivity contribution in [3.8, 4) is 27.8 Å². The van der Waals surface area contributed by atoms with Gasteiger partial charge >= 0.3 is 0 Å². The first-order valence-electron chi connectivity index (χ1n) is 9.07. The Balaban J connectivity index is 2.18. The van der Waals surface area contributed by atoms with Crippen LogP contribution in [0.4, 0.5) is 0 Å². The van der Waals surface area contributed by atoms with E-state index in [-0.39, 0.29) is 25.5 Å². The lowest BCUT2D eigenvalue weighted by Gasteiger charge is -2.16. The molecule has 2 aromatic heterocycles. The number of nitriles is 1. The topological polar surface area (TPSA) is 75.2 Å². The molecule has 0 saturated heterocycles. The highest BCUT2D eigenvalue weighted by molar-refractivity contribution is 7.13. The van der Waals surface area contributed by atoms with Gasteiger partial charge in [-0.2, -0.15) is 5.26 Å². The van der Waals surface area contributed by atoms with Crippen molar-refractivity contribution in [2.75, 3.05) is 13.2 Å². The summed E-state index contributed by atoms with van der Waals surface area (Å²) in [7, 11) is 0. The molecule has 0 amide bonds. The number of aliphatic hydroxyl groups is 1. The van der Waals surface area contributed by atoms with E-state index in [1.807, 2.05) is 47.8 Å². The molecule has 2 heterocycles. The molecular formula is C22H22N2O3S. The summed E-state index contributed by atoms with van der Waals surface area (Å²) in [6.07, 6.45) is 0. The minimum atomic E-state index is -0.394. The fraction of sp³-hybridized carbons (Fsp3) is 0.273. The highest BCUT2D eigenvalue weighted by Gasteiger charge is 2.18. The van der Waals surface area contributed by atoms with Gasteiger partial charge in [0.15, 0.2) is 0 Å². The highest BCUT2D eigenvalue weighted by atomic mass is 32.1. The Kier molecular flexibility index (Phi) is 6.42. The third-order valence-electron chi connectivity index (χ3n) is 4.53. The number of pyridine rings is 1. The minimum Gasteiger partial charge on any atom is -0.394 e. The van der Waals surface area contributed by atoms with Crippen LogP contribution in [0.25, 0.3) is 21.7 Å². The molecule has 0 bridgehead atoms. The molecule has 0 radical (unpaired) electrons. The lowest BCUT2D eigenvalue weighted by molar-refractivity contribution is 0.0473. The molecular weight excluding hydrogens is 372 g/mol. The summed E-state index contributed by atoms with van der Waals surface area (Å²) in [5.41, 5.74) is 3.04. The maximum atomic E-state index is 13.1. The summed E-state index contributed by atoms with van der Waals surface area (Å²) in [6, 6.07) is 15.8. The van der Waals surface area contributed by atoms with Gasteiger partial charge in [0.2, 0.25) is 0 Å². The van der Waals surface area contributed by atoms with Crippen LogP contribution < -0.4 is 5.56 Å². The molecule has 0 saturated carbocycles. The van der Waals surface area contributed by atoms with Gasteiger partial charge in [-0.05, 0) is 34.6 Å². The molecule has 1 aromatic carbocycles. The zero-order valence-electron chi connectivity index (χ0n) is 15.9. The molecule has 0 fully saturated rings. The van der Waals surface area contributed by atoms with E-state index >= 15 is 0 Å². The lowest BCUT2D eigenvalue weighted by Crippen LogP contribution is -2.26. The second-order valence-corrected chi connectivity index (χ2v) is 7.63. The first-order valence-corrected chi connectivity index (χ1v) is 9.95. The van der Waals surface area contributed by atoms with Crippen molar-refractivity contribution < 1.29 is 9.84 Å². The third-order valence-corrected chi connectivity index (χ3v) is 5.42. The van der Waals surface area contributed by atoms with E-state index in [1.54, 1.807) is 0 Å². The summed E-state index contributed by atoms with van der Waals surface area (Å²) in [4.78, 5) is 14.0. The second-order valence-electron chi connectivity index (χ2n) is 6.68. The summed E-state index contributed by atoms with van der Waals surface area (Å²) in [6.45, 7) is 4.22. The number of hydrogen-bond donors (Lipinski definition) is 1. The number of aliphatic hydroxyl groups excluding tert-OH is 1. The standard InChI is InChI=1S/C22H22N2O3S/c1-15(2)16-5-7-17(8-6-16)18-12-20(21-4-3-11-28-21)24(14-27-10-9-25)22(26)19(18)13-23/h3-8,11-12,15,25H,9-10,14H2,1-2H3. The van der Waals surface area contributed by atoms with Crippen molar-refractivity contribution in [1.82, 2.24) is 4.57 Å². The summed E-state index contributed by atoms with van der Waals surface area (Å²) >= 11 is 1.51. The van der Waals surface area contributed by atoms with Gasteiger partial charge in [-0.25, -0.2) is 0 Å². The van der Waals surface area contributed by atoms with Crippen LogP contribution in [0.3, 0.4) is 0 Å². The van der Waals surface area contributed by atoms with Crippen LogP contribution >= 0.6 is 11.3 Å². The SMILES string of the molecule is CC(C)c1ccc(-c2cc(-c3cccs3)n(COCCO)c(=O)c2C#N)cc1. The summed E-state index contributed by atoms with van der Waals surface area (Å²) < 4.78 is 6.83. The van der Waals surface area contributed by atoms with Gasteiger partial charge in [0, 0.05) is 5.56 Å². The number of nitrogens with zero attached hydrogens (tertiary/aromatic N) is 2. The number of ether oxygens (including phenoxy) is 1. The minimum absolute atomic E-state index is 0.0200. The highest BCUT2D eigenvalue weighted by Crippen LogP contribution is 2.31. The molecule has 28 heavy (non-hydrogen) atoms. The molecule has 0 aliphatic heterocycles. The smallest absolute Gasteiger partial charge is 0.271 e. The van der Waals surface area contributed by atoms with Crippen molar-refractivity contribution in [3.63, 3.8) is 0 Å². The molecule has 0 aliphatic carbocycles. The van der Waals surface area contributed by atoms with Crippen LogP contribution in [0.2, 0.25) is 0 Å². The molecule has 1 N–H and O–H groups in total. The van der Waals surface area contributed by atoms with Gasteiger partial charge in [0.1, 0.15) is 18.4 Å². The van der Waals surface area contributed by atoms with E-state index < -0.39 is 5.56 Å². The van der Waals surface area contributed by atoms with E-state index in [0.29, 0.717) is 17.2 Å². The number of hydrogen-bond acceptors (Lipinski definition) is 5. The monoisotopic (exact) mass is 394 g/mol. The Hall–Kier alpha value is -2.72. The van der Waals surface area contributed by atoms with E-state index in [0.717, 1.165) is 10.4 Å². The second kappa shape index (κ2) is 8.98. The van der Waals surface area contributed by atoms with E-state index in [4.69, 9.17) is 9.84 Å². The normalized spacial score (nSPS) is 11.0. The molecule has 3 rings (SSSR count). The fourth-order valence-electron chi connectivity index (χ4n) is 3.01. The average Bonchev–Trinajstić information content (AvgIpc) is 3.23.